The zero-order valence-corrected chi connectivity index (χ0v) is 14.7. The Labute approximate surface area is 140 Å². The van der Waals surface area contributed by atoms with E-state index >= 15 is 0 Å². The molecular weight excluding hydrogens is 306 g/mol. The van der Waals surface area contributed by atoms with Crippen molar-refractivity contribution in [2.75, 3.05) is 6.61 Å². The maximum absolute atomic E-state index is 5.20. The molecule has 0 saturated heterocycles. The van der Waals surface area contributed by atoms with Gasteiger partial charge < -0.3 is 9.40 Å². The second-order valence-corrected chi connectivity index (χ2v) is 5.80. The molecule has 0 aliphatic rings. The Bertz CT molecular complexity index is 878. The highest BCUT2D eigenvalue weighted by Crippen LogP contribution is 2.26. The molecule has 0 radical (unpaired) electrons. The van der Waals surface area contributed by atoms with Crippen molar-refractivity contribution in [2.24, 2.45) is 5.16 Å². The van der Waals surface area contributed by atoms with Crippen molar-refractivity contribution in [2.45, 2.75) is 53.5 Å². The van der Waals surface area contributed by atoms with Crippen LogP contribution in [0.3, 0.4) is 0 Å². The van der Waals surface area contributed by atoms with Crippen LogP contribution in [0.2, 0.25) is 0 Å². The smallest absolute Gasteiger partial charge is 0.207 e. The summed E-state index contributed by atoms with van der Waals surface area (Å²) < 4.78 is 4.05. The molecule has 0 spiro atoms. The highest BCUT2D eigenvalue weighted by atomic mass is 16.6. The van der Waals surface area contributed by atoms with Crippen molar-refractivity contribution < 1.29 is 4.84 Å². The number of aromatic nitrogens is 6. The number of imidazole rings is 1. The fourth-order valence-electron chi connectivity index (χ4n) is 3.00. The SMILES string of the molecule is C/C=N\OCCCn1c(CCC)nc2c1c(C)c(C)n1nnnc21. The van der Waals surface area contributed by atoms with Gasteiger partial charge in [-0.25, -0.2) is 4.98 Å². The van der Waals surface area contributed by atoms with Crippen molar-refractivity contribution in [3.05, 3.63) is 17.1 Å². The van der Waals surface area contributed by atoms with Crippen LogP contribution in [-0.2, 0) is 17.8 Å². The lowest BCUT2D eigenvalue weighted by Gasteiger charge is -2.11. The third kappa shape index (κ3) is 2.72. The molecule has 3 rings (SSSR count). The zero-order chi connectivity index (χ0) is 17.1. The van der Waals surface area contributed by atoms with Gasteiger partial charge in [-0.2, -0.15) is 4.52 Å². The van der Waals surface area contributed by atoms with E-state index in [1.165, 1.54) is 0 Å². The maximum Gasteiger partial charge on any atom is 0.207 e. The lowest BCUT2D eigenvalue weighted by Crippen LogP contribution is -2.08. The molecule has 128 valence electrons. The summed E-state index contributed by atoms with van der Waals surface area (Å²) in [5.74, 6) is 1.07. The molecule has 0 unspecified atom stereocenters. The molecule has 0 saturated carbocycles. The van der Waals surface area contributed by atoms with E-state index in [1.54, 1.807) is 10.7 Å². The predicted octanol–water partition coefficient (Wildman–Crippen LogP) is 2.46. The molecule has 3 aromatic rings. The Morgan fingerprint density at radius 1 is 1.29 bits per heavy atom. The van der Waals surface area contributed by atoms with Crippen LogP contribution in [0.4, 0.5) is 0 Å². The number of nitrogens with zero attached hydrogens (tertiary/aromatic N) is 7. The molecule has 0 atom stereocenters. The molecule has 3 aromatic heterocycles. The number of oxime groups is 1. The van der Waals surface area contributed by atoms with E-state index in [9.17, 15) is 0 Å². The van der Waals surface area contributed by atoms with Crippen LogP contribution in [0.25, 0.3) is 16.7 Å². The summed E-state index contributed by atoms with van der Waals surface area (Å²) in [6.45, 7) is 9.56. The Kier molecular flexibility index (Phi) is 4.73. The average molecular weight is 329 g/mol. The summed E-state index contributed by atoms with van der Waals surface area (Å²) in [6.07, 6.45) is 4.49. The molecule has 0 N–H and O–H groups in total. The molecule has 0 aliphatic heterocycles. The number of tetrazole rings is 1. The number of rotatable bonds is 7. The van der Waals surface area contributed by atoms with E-state index in [1.807, 2.05) is 13.8 Å². The summed E-state index contributed by atoms with van der Waals surface area (Å²) in [4.78, 5) is 10.1. The lowest BCUT2D eigenvalue weighted by atomic mass is 10.2. The average Bonchev–Trinajstić information content (AvgIpc) is 3.18. The monoisotopic (exact) mass is 329 g/mol. The summed E-state index contributed by atoms with van der Waals surface area (Å²) in [5, 5.41) is 15.9. The lowest BCUT2D eigenvalue weighted by molar-refractivity contribution is 0.139. The minimum atomic E-state index is 0.586. The van der Waals surface area contributed by atoms with Gasteiger partial charge in [0.15, 0.2) is 0 Å². The van der Waals surface area contributed by atoms with Crippen LogP contribution in [0.15, 0.2) is 5.16 Å². The molecule has 0 fully saturated rings. The van der Waals surface area contributed by atoms with E-state index in [-0.39, 0.29) is 0 Å². The van der Waals surface area contributed by atoms with Crippen molar-refractivity contribution >= 4 is 22.9 Å². The van der Waals surface area contributed by atoms with Crippen LogP contribution < -0.4 is 0 Å². The van der Waals surface area contributed by atoms with Gasteiger partial charge in [-0.05, 0) is 43.2 Å². The molecule has 0 amide bonds. The maximum atomic E-state index is 5.20. The normalized spacial score (nSPS) is 12.0. The topological polar surface area (TPSA) is 82.5 Å². The van der Waals surface area contributed by atoms with Crippen LogP contribution >= 0.6 is 0 Å². The highest BCUT2D eigenvalue weighted by Gasteiger charge is 2.19. The molecule has 8 heteroatoms. The van der Waals surface area contributed by atoms with Gasteiger partial charge in [0.25, 0.3) is 0 Å². The van der Waals surface area contributed by atoms with E-state index in [4.69, 9.17) is 9.82 Å². The van der Waals surface area contributed by atoms with E-state index in [0.717, 1.165) is 59.6 Å². The van der Waals surface area contributed by atoms with Gasteiger partial charge in [0.1, 0.15) is 17.9 Å². The van der Waals surface area contributed by atoms with Crippen LogP contribution in [-0.4, -0.2) is 42.4 Å². The first-order chi connectivity index (χ1) is 11.7. The number of aryl methyl sites for hydroxylation is 4. The minimum absolute atomic E-state index is 0.586. The van der Waals surface area contributed by atoms with Gasteiger partial charge in [0, 0.05) is 31.3 Å². The Balaban J connectivity index is 2.07. The van der Waals surface area contributed by atoms with E-state index < -0.39 is 0 Å². The van der Waals surface area contributed by atoms with Crippen molar-refractivity contribution in [1.29, 1.82) is 0 Å². The first-order valence-corrected chi connectivity index (χ1v) is 8.35. The van der Waals surface area contributed by atoms with Crippen molar-refractivity contribution in [1.82, 2.24) is 29.6 Å². The number of fused-ring (bicyclic) bond motifs is 3. The van der Waals surface area contributed by atoms with Gasteiger partial charge >= 0.3 is 0 Å². The quantitative estimate of drug-likeness (QED) is 0.378. The first kappa shape index (κ1) is 16.4. The molecule has 0 aliphatic carbocycles. The second kappa shape index (κ2) is 6.94. The van der Waals surface area contributed by atoms with Gasteiger partial charge in [-0.15, -0.1) is 5.10 Å². The van der Waals surface area contributed by atoms with Gasteiger partial charge in [-0.3, -0.25) is 0 Å². The van der Waals surface area contributed by atoms with E-state index in [0.29, 0.717) is 6.61 Å². The standard InChI is InChI=1S/C16H23N7O/c1-5-8-13-18-14-15(22(13)9-7-10-24-17-6-2)11(3)12(4)23-16(14)19-20-21-23/h6H,5,7-10H2,1-4H3/b17-6-. The molecular formula is C16H23N7O. The Morgan fingerprint density at radius 2 is 2.12 bits per heavy atom. The summed E-state index contributed by atoms with van der Waals surface area (Å²) >= 11 is 0. The zero-order valence-electron chi connectivity index (χ0n) is 14.7. The molecule has 8 nitrogen and oxygen atoms in total. The summed E-state index contributed by atoms with van der Waals surface area (Å²) in [5.41, 5.74) is 4.91. The number of hydrogen-bond donors (Lipinski definition) is 0. The summed E-state index contributed by atoms with van der Waals surface area (Å²) in [6, 6.07) is 0. The summed E-state index contributed by atoms with van der Waals surface area (Å²) in [7, 11) is 0. The van der Waals surface area contributed by atoms with Crippen LogP contribution in [0, 0.1) is 13.8 Å². The Morgan fingerprint density at radius 3 is 2.88 bits per heavy atom. The van der Waals surface area contributed by atoms with Crippen LogP contribution in [0.5, 0.6) is 0 Å². The number of hydrogen-bond acceptors (Lipinski definition) is 6. The first-order valence-electron chi connectivity index (χ1n) is 8.35. The predicted molar refractivity (Wildman–Crippen MR) is 92.3 cm³/mol. The van der Waals surface area contributed by atoms with Gasteiger partial charge in [0.05, 0.1) is 5.52 Å². The molecule has 3 heterocycles. The van der Waals surface area contributed by atoms with Crippen LogP contribution in [0.1, 0.15) is 43.8 Å². The molecule has 24 heavy (non-hydrogen) atoms. The van der Waals surface area contributed by atoms with E-state index in [2.05, 4.69) is 39.1 Å². The van der Waals surface area contributed by atoms with Gasteiger partial charge in [-0.1, -0.05) is 12.1 Å². The highest BCUT2D eigenvalue weighted by molar-refractivity contribution is 5.91. The molecule has 0 aromatic carbocycles. The largest absolute Gasteiger partial charge is 0.396 e. The third-order valence-corrected chi connectivity index (χ3v) is 4.21. The Hall–Kier alpha value is -2.51. The number of pyridine rings is 1. The fourth-order valence-corrected chi connectivity index (χ4v) is 3.00. The third-order valence-electron chi connectivity index (χ3n) is 4.21. The molecule has 0 bridgehead atoms. The van der Waals surface area contributed by atoms with Gasteiger partial charge in [0.2, 0.25) is 5.65 Å². The minimum Gasteiger partial charge on any atom is -0.396 e. The fraction of sp³-hybridized carbons (Fsp3) is 0.562. The van der Waals surface area contributed by atoms with Crippen molar-refractivity contribution in [3.8, 4) is 0 Å². The second-order valence-electron chi connectivity index (χ2n) is 5.80. The van der Waals surface area contributed by atoms with Crippen molar-refractivity contribution in [3.63, 3.8) is 0 Å².